The van der Waals surface area contributed by atoms with Crippen LogP contribution in [-0.2, 0) is 0 Å². The summed E-state index contributed by atoms with van der Waals surface area (Å²) in [5.74, 6) is -0.611. The van der Waals surface area contributed by atoms with Gasteiger partial charge in [0.05, 0.1) is 12.8 Å². The monoisotopic (exact) mass is 235 g/mol. The van der Waals surface area contributed by atoms with Crippen molar-refractivity contribution in [3.05, 3.63) is 48.0 Å². The lowest BCUT2D eigenvalue weighted by atomic mass is 10.0. The number of hydrogen-bond acceptors (Lipinski definition) is 2. The molecule has 0 unspecified atom stereocenters. The third kappa shape index (κ3) is 2.20. The summed E-state index contributed by atoms with van der Waals surface area (Å²) in [7, 11) is 1.51. The van der Waals surface area contributed by atoms with E-state index in [-0.39, 0.29) is 11.3 Å². The van der Waals surface area contributed by atoms with E-state index in [2.05, 4.69) is 0 Å². The quantitative estimate of drug-likeness (QED) is 0.811. The zero-order valence-corrected chi connectivity index (χ0v) is 9.21. The van der Waals surface area contributed by atoms with Crippen LogP contribution in [0.3, 0.4) is 0 Å². The predicted octanol–water partition coefficient (Wildman–Crippen LogP) is 3.22. The van der Waals surface area contributed by atoms with E-state index in [4.69, 9.17) is 10.5 Å². The van der Waals surface area contributed by atoms with Crippen molar-refractivity contribution in [2.45, 2.75) is 0 Å². The van der Waals surface area contributed by atoms with E-state index >= 15 is 0 Å². The van der Waals surface area contributed by atoms with Crippen LogP contribution in [0.2, 0.25) is 0 Å². The van der Waals surface area contributed by atoms with Crippen LogP contribution in [0.25, 0.3) is 11.1 Å². The number of halogens is 2. The average Bonchev–Trinajstić information content (AvgIpc) is 2.34. The summed E-state index contributed by atoms with van der Waals surface area (Å²) in [5, 5.41) is 0. The number of benzene rings is 2. The van der Waals surface area contributed by atoms with Gasteiger partial charge in [-0.3, -0.25) is 0 Å². The maximum absolute atomic E-state index is 13.7. The molecule has 2 nitrogen and oxygen atoms in total. The molecule has 88 valence electrons. The van der Waals surface area contributed by atoms with Crippen LogP contribution in [0.5, 0.6) is 5.75 Å². The Kier molecular flexibility index (Phi) is 2.95. The highest BCUT2D eigenvalue weighted by Gasteiger charge is 2.10. The van der Waals surface area contributed by atoms with Gasteiger partial charge in [-0.1, -0.05) is 12.1 Å². The summed E-state index contributed by atoms with van der Waals surface area (Å²) < 4.78 is 32.0. The molecule has 2 aromatic carbocycles. The fourth-order valence-corrected chi connectivity index (χ4v) is 1.57. The van der Waals surface area contributed by atoms with E-state index in [0.29, 0.717) is 11.3 Å². The van der Waals surface area contributed by atoms with Gasteiger partial charge in [0.1, 0.15) is 17.4 Å². The zero-order chi connectivity index (χ0) is 12.4. The minimum absolute atomic E-state index is 0.163. The Morgan fingerprint density at radius 3 is 2.53 bits per heavy atom. The van der Waals surface area contributed by atoms with Crippen LogP contribution in [0.15, 0.2) is 36.4 Å². The largest absolute Gasteiger partial charge is 0.497 e. The molecule has 0 aliphatic rings. The van der Waals surface area contributed by atoms with Crippen LogP contribution in [0.4, 0.5) is 14.5 Å². The molecule has 2 aromatic rings. The smallest absolute Gasteiger partial charge is 0.146 e. The van der Waals surface area contributed by atoms with Gasteiger partial charge in [-0.05, 0) is 23.8 Å². The molecule has 0 spiro atoms. The second-order valence-electron chi connectivity index (χ2n) is 3.59. The standard InChI is InChI=1S/C13H11F2NO/c1-17-9-4-2-3-8(5-9)10-6-12(15)13(16)7-11(10)14/h2-7H,16H2,1H3. The van der Waals surface area contributed by atoms with E-state index in [1.165, 1.54) is 7.11 Å². The molecule has 0 saturated heterocycles. The fraction of sp³-hybridized carbons (Fsp3) is 0.0769. The second-order valence-corrected chi connectivity index (χ2v) is 3.59. The maximum Gasteiger partial charge on any atom is 0.146 e. The molecule has 0 fully saturated rings. The van der Waals surface area contributed by atoms with Crippen molar-refractivity contribution in [3.63, 3.8) is 0 Å². The van der Waals surface area contributed by atoms with Gasteiger partial charge in [0.15, 0.2) is 0 Å². The molecule has 2 rings (SSSR count). The highest BCUT2D eigenvalue weighted by molar-refractivity contribution is 5.68. The van der Waals surface area contributed by atoms with E-state index in [1.807, 2.05) is 0 Å². The third-order valence-electron chi connectivity index (χ3n) is 2.47. The number of anilines is 1. The Labute approximate surface area is 97.6 Å². The van der Waals surface area contributed by atoms with Gasteiger partial charge in [-0.2, -0.15) is 0 Å². The van der Waals surface area contributed by atoms with E-state index in [1.54, 1.807) is 24.3 Å². The van der Waals surface area contributed by atoms with E-state index in [0.717, 1.165) is 12.1 Å². The lowest BCUT2D eigenvalue weighted by Gasteiger charge is -2.07. The molecule has 2 N–H and O–H groups in total. The summed E-state index contributed by atoms with van der Waals surface area (Å²) in [6, 6.07) is 8.81. The number of hydrogen-bond donors (Lipinski definition) is 1. The molecule has 0 aromatic heterocycles. The first kappa shape index (κ1) is 11.4. The Balaban J connectivity index is 2.56. The zero-order valence-electron chi connectivity index (χ0n) is 9.21. The van der Waals surface area contributed by atoms with Gasteiger partial charge in [0.2, 0.25) is 0 Å². The van der Waals surface area contributed by atoms with Crippen molar-refractivity contribution >= 4 is 5.69 Å². The summed E-state index contributed by atoms with van der Waals surface area (Å²) in [6.07, 6.45) is 0. The fourth-order valence-electron chi connectivity index (χ4n) is 1.57. The van der Waals surface area contributed by atoms with Crippen molar-refractivity contribution in [2.75, 3.05) is 12.8 Å². The normalized spacial score (nSPS) is 10.3. The SMILES string of the molecule is COc1cccc(-c2cc(F)c(N)cc2F)c1. The number of nitrogens with two attached hydrogens (primary N) is 1. The lowest BCUT2D eigenvalue weighted by Crippen LogP contribution is -1.94. The topological polar surface area (TPSA) is 35.2 Å². The Morgan fingerprint density at radius 1 is 1.06 bits per heavy atom. The molecule has 0 aliphatic carbocycles. The van der Waals surface area contributed by atoms with Crippen LogP contribution in [-0.4, -0.2) is 7.11 Å². The number of nitrogen functional groups attached to an aromatic ring is 1. The van der Waals surface area contributed by atoms with Gasteiger partial charge >= 0.3 is 0 Å². The van der Waals surface area contributed by atoms with Crippen LogP contribution < -0.4 is 10.5 Å². The number of ether oxygens (including phenoxy) is 1. The van der Waals surface area contributed by atoms with E-state index < -0.39 is 11.6 Å². The molecule has 0 amide bonds. The van der Waals surface area contributed by atoms with Crippen LogP contribution >= 0.6 is 0 Å². The van der Waals surface area contributed by atoms with Crippen molar-refractivity contribution in [1.82, 2.24) is 0 Å². The second kappa shape index (κ2) is 4.41. The van der Waals surface area contributed by atoms with Gasteiger partial charge < -0.3 is 10.5 Å². The highest BCUT2D eigenvalue weighted by Crippen LogP contribution is 2.28. The molecule has 4 heteroatoms. The van der Waals surface area contributed by atoms with E-state index in [9.17, 15) is 8.78 Å². The first-order chi connectivity index (χ1) is 8.11. The first-order valence-electron chi connectivity index (χ1n) is 5.01. The third-order valence-corrected chi connectivity index (χ3v) is 2.47. The Bertz CT molecular complexity index is 555. The molecule has 0 atom stereocenters. The minimum Gasteiger partial charge on any atom is -0.497 e. The van der Waals surface area contributed by atoms with Crippen molar-refractivity contribution in [1.29, 1.82) is 0 Å². The van der Waals surface area contributed by atoms with Gasteiger partial charge in [-0.25, -0.2) is 8.78 Å². The minimum atomic E-state index is -0.635. The first-order valence-corrected chi connectivity index (χ1v) is 5.01. The molecular formula is C13H11F2NO. The Hall–Kier alpha value is -2.10. The average molecular weight is 235 g/mol. The van der Waals surface area contributed by atoms with Gasteiger partial charge in [-0.15, -0.1) is 0 Å². The number of methoxy groups -OCH3 is 1. The van der Waals surface area contributed by atoms with Crippen molar-refractivity contribution in [3.8, 4) is 16.9 Å². The lowest BCUT2D eigenvalue weighted by molar-refractivity contribution is 0.415. The number of rotatable bonds is 2. The van der Waals surface area contributed by atoms with Crippen molar-refractivity contribution in [2.24, 2.45) is 0 Å². The highest BCUT2D eigenvalue weighted by atomic mass is 19.1. The molecule has 0 radical (unpaired) electrons. The maximum atomic E-state index is 13.7. The van der Waals surface area contributed by atoms with Gasteiger partial charge in [0.25, 0.3) is 0 Å². The predicted molar refractivity (Wildman–Crippen MR) is 62.8 cm³/mol. The molecule has 17 heavy (non-hydrogen) atoms. The molecule has 0 aliphatic heterocycles. The molecule has 0 saturated carbocycles. The summed E-state index contributed by atoms with van der Waals surface area (Å²) in [6.45, 7) is 0. The Morgan fingerprint density at radius 2 is 1.82 bits per heavy atom. The summed E-state index contributed by atoms with van der Waals surface area (Å²) in [5.41, 5.74) is 5.79. The summed E-state index contributed by atoms with van der Waals surface area (Å²) >= 11 is 0. The van der Waals surface area contributed by atoms with Crippen LogP contribution in [0, 0.1) is 11.6 Å². The molecule has 0 bridgehead atoms. The summed E-state index contributed by atoms with van der Waals surface area (Å²) in [4.78, 5) is 0. The molecule has 0 heterocycles. The van der Waals surface area contributed by atoms with Crippen molar-refractivity contribution < 1.29 is 13.5 Å². The van der Waals surface area contributed by atoms with Crippen LogP contribution in [0.1, 0.15) is 0 Å². The molecular weight excluding hydrogens is 224 g/mol. The van der Waals surface area contributed by atoms with Gasteiger partial charge in [0, 0.05) is 11.6 Å².